The molecular formula is C14H12BrNO3S. The van der Waals surface area contributed by atoms with Gasteiger partial charge in [-0.3, -0.25) is 14.2 Å². The molecule has 2 aromatic rings. The highest BCUT2D eigenvalue weighted by molar-refractivity contribution is 9.10. The molecule has 1 aromatic heterocycles. The topological polar surface area (TPSA) is 59.3 Å². The number of aromatic nitrogens is 1. The number of hydrogen-bond donors (Lipinski definition) is 1. The van der Waals surface area contributed by atoms with Crippen LogP contribution in [0.2, 0.25) is 0 Å². The summed E-state index contributed by atoms with van der Waals surface area (Å²) in [6, 6.07) is 6.07. The van der Waals surface area contributed by atoms with Crippen LogP contribution in [-0.4, -0.2) is 15.6 Å². The summed E-state index contributed by atoms with van der Waals surface area (Å²) >= 11 is 4.73. The fourth-order valence-corrected chi connectivity index (χ4v) is 4.03. The number of fused-ring (bicyclic) bond motifs is 3. The highest BCUT2D eigenvalue weighted by Gasteiger charge is 2.25. The third-order valence-corrected chi connectivity index (χ3v) is 4.88. The lowest BCUT2D eigenvalue weighted by molar-refractivity contribution is -0.137. The van der Waals surface area contributed by atoms with Gasteiger partial charge in [0.05, 0.1) is 5.69 Å². The monoisotopic (exact) mass is 353 g/mol. The molecule has 0 aliphatic heterocycles. The van der Waals surface area contributed by atoms with Crippen molar-refractivity contribution < 1.29 is 9.90 Å². The number of thiazole rings is 1. The van der Waals surface area contributed by atoms with Gasteiger partial charge in [0.1, 0.15) is 0 Å². The molecule has 1 aromatic carbocycles. The number of carboxylic acid groups (broad SMARTS) is 1. The lowest BCUT2D eigenvalue weighted by Gasteiger charge is -2.07. The van der Waals surface area contributed by atoms with Gasteiger partial charge >= 0.3 is 10.8 Å². The van der Waals surface area contributed by atoms with E-state index in [1.165, 1.54) is 16.9 Å². The van der Waals surface area contributed by atoms with E-state index in [1.807, 2.05) is 12.1 Å². The lowest BCUT2D eigenvalue weighted by atomic mass is 10.1. The molecule has 0 unspecified atom stereocenters. The number of nitrogens with zero attached hydrogens (tertiary/aromatic N) is 1. The fraction of sp³-hybridized carbons (Fsp3) is 0.286. The predicted octanol–water partition coefficient (Wildman–Crippen LogP) is 3.11. The second-order valence-corrected chi connectivity index (χ2v) is 6.73. The van der Waals surface area contributed by atoms with Gasteiger partial charge in [0, 0.05) is 34.3 Å². The van der Waals surface area contributed by atoms with Gasteiger partial charge in [0.25, 0.3) is 0 Å². The first kappa shape index (κ1) is 13.6. The number of carboxylic acids is 1. The van der Waals surface area contributed by atoms with Crippen molar-refractivity contribution in [2.45, 2.75) is 25.8 Å². The van der Waals surface area contributed by atoms with Crippen molar-refractivity contribution in [3.63, 3.8) is 0 Å². The molecular weight excluding hydrogens is 342 g/mol. The molecule has 20 heavy (non-hydrogen) atoms. The molecule has 1 N–H and O–H groups in total. The predicted molar refractivity (Wildman–Crippen MR) is 81.4 cm³/mol. The summed E-state index contributed by atoms with van der Waals surface area (Å²) in [7, 11) is 0. The molecule has 0 fully saturated rings. The molecule has 0 amide bonds. The Balaban J connectivity index is 1.97. The third kappa shape index (κ3) is 2.33. The van der Waals surface area contributed by atoms with E-state index < -0.39 is 5.97 Å². The van der Waals surface area contributed by atoms with Gasteiger partial charge in [-0.25, -0.2) is 0 Å². The highest BCUT2D eigenvalue weighted by Crippen LogP contribution is 2.39. The zero-order valence-corrected chi connectivity index (χ0v) is 13.0. The number of carbonyl (C=O) groups is 1. The molecule has 3 rings (SSSR count). The van der Waals surface area contributed by atoms with Crippen LogP contribution in [-0.2, 0) is 17.8 Å². The molecule has 0 saturated carbocycles. The minimum absolute atomic E-state index is 0.00829. The minimum Gasteiger partial charge on any atom is -0.481 e. The average Bonchev–Trinajstić information content (AvgIpc) is 2.84. The van der Waals surface area contributed by atoms with Crippen LogP contribution in [0, 0.1) is 0 Å². The molecule has 0 spiro atoms. The Labute approximate surface area is 127 Å². The molecule has 1 heterocycles. The maximum absolute atomic E-state index is 12.0. The standard InChI is InChI=1S/C14H12BrNO3S/c15-9-3-4-10-8(6-9)7-11-13(10)16(14(19)20-11)5-1-2-12(17)18/h3-4,6H,1-2,5,7H2,(H,17,18). The maximum Gasteiger partial charge on any atom is 0.307 e. The Hall–Kier alpha value is -1.40. The van der Waals surface area contributed by atoms with Gasteiger partial charge in [-0.15, -0.1) is 0 Å². The Morgan fingerprint density at radius 3 is 3.00 bits per heavy atom. The molecule has 6 heteroatoms. The molecule has 0 bridgehead atoms. The van der Waals surface area contributed by atoms with Crippen molar-refractivity contribution in [3.05, 3.63) is 42.8 Å². The third-order valence-electron chi connectivity index (χ3n) is 3.41. The van der Waals surface area contributed by atoms with Crippen molar-refractivity contribution in [2.75, 3.05) is 0 Å². The molecule has 1 aliphatic carbocycles. The van der Waals surface area contributed by atoms with E-state index in [4.69, 9.17) is 5.11 Å². The van der Waals surface area contributed by atoms with Crippen LogP contribution in [0.4, 0.5) is 0 Å². The summed E-state index contributed by atoms with van der Waals surface area (Å²) in [6.07, 6.45) is 1.35. The SMILES string of the molecule is O=C(O)CCCn1c2c(sc1=O)Cc1cc(Br)ccc1-2. The van der Waals surface area contributed by atoms with Crippen LogP contribution >= 0.6 is 27.3 Å². The van der Waals surface area contributed by atoms with Crippen molar-refractivity contribution in [2.24, 2.45) is 0 Å². The van der Waals surface area contributed by atoms with Crippen LogP contribution in [0.25, 0.3) is 11.3 Å². The van der Waals surface area contributed by atoms with Crippen molar-refractivity contribution in [3.8, 4) is 11.3 Å². The Morgan fingerprint density at radius 1 is 1.45 bits per heavy atom. The van der Waals surface area contributed by atoms with Crippen LogP contribution < -0.4 is 4.87 Å². The van der Waals surface area contributed by atoms with Gasteiger partial charge in [-0.1, -0.05) is 33.3 Å². The van der Waals surface area contributed by atoms with E-state index in [1.54, 1.807) is 4.57 Å². The molecule has 0 radical (unpaired) electrons. The molecule has 4 nitrogen and oxygen atoms in total. The zero-order valence-electron chi connectivity index (χ0n) is 10.6. The quantitative estimate of drug-likeness (QED) is 0.783. The van der Waals surface area contributed by atoms with E-state index in [2.05, 4.69) is 22.0 Å². The Bertz CT molecular complexity index is 747. The first-order valence-corrected chi connectivity index (χ1v) is 7.90. The summed E-state index contributed by atoms with van der Waals surface area (Å²) < 4.78 is 2.76. The smallest absolute Gasteiger partial charge is 0.307 e. The van der Waals surface area contributed by atoms with Crippen molar-refractivity contribution in [1.82, 2.24) is 4.57 Å². The second kappa shape index (κ2) is 5.18. The number of hydrogen-bond acceptors (Lipinski definition) is 3. The average molecular weight is 354 g/mol. The second-order valence-electron chi connectivity index (χ2n) is 4.77. The molecule has 1 aliphatic rings. The van der Waals surface area contributed by atoms with Crippen molar-refractivity contribution in [1.29, 1.82) is 0 Å². The van der Waals surface area contributed by atoms with E-state index >= 15 is 0 Å². The Kier molecular flexibility index (Phi) is 3.52. The van der Waals surface area contributed by atoms with E-state index in [9.17, 15) is 9.59 Å². The maximum atomic E-state index is 12.0. The number of benzene rings is 1. The highest BCUT2D eigenvalue weighted by atomic mass is 79.9. The van der Waals surface area contributed by atoms with Crippen LogP contribution in [0.1, 0.15) is 23.3 Å². The van der Waals surface area contributed by atoms with E-state index in [-0.39, 0.29) is 11.3 Å². The summed E-state index contributed by atoms with van der Waals surface area (Å²) in [4.78, 5) is 23.7. The molecule has 0 saturated heterocycles. The van der Waals surface area contributed by atoms with Gasteiger partial charge in [-0.05, 0) is 24.1 Å². The normalized spacial score (nSPS) is 12.2. The van der Waals surface area contributed by atoms with Gasteiger partial charge in [0.2, 0.25) is 0 Å². The Morgan fingerprint density at radius 2 is 2.25 bits per heavy atom. The van der Waals surface area contributed by atoms with Crippen LogP contribution in [0.3, 0.4) is 0 Å². The number of halogens is 1. The van der Waals surface area contributed by atoms with Crippen LogP contribution in [0.15, 0.2) is 27.5 Å². The van der Waals surface area contributed by atoms with E-state index in [0.717, 1.165) is 27.0 Å². The summed E-state index contributed by atoms with van der Waals surface area (Å²) in [5.41, 5.74) is 3.29. The first-order chi connectivity index (χ1) is 9.56. The van der Waals surface area contributed by atoms with Gasteiger partial charge in [0.15, 0.2) is 0 Å². The van der Waals surface area contributed by atoms with E-state index in [0.29, 0.717) is 13.0 Å². The minimum atomic E-state index is -0.825. The van der Waals surface area contributed by atoms with Gasteiger partial charge in [-0.2, -0.15) is 0 Å². The molecule has 104 valence electrons. The number of rotatable bonds is 4. The lowest BCUT2D eigenvalue weighted by Crippen LogP contribution is -2.15. The number of aliphatic carboxylic acids is 1. The summed E-state index contributed by atoms with van der Waals surface area (Å²) in [5.74, 6) is -0.825. The first-order valence-electron chi connectivity index (χ1n) is 6.29. The van der Waals surface area contributed by atoms with Gasteiger partial charge < -0.3 is 5.11 Å². The van der Waals surface area contributed by atoms with Crippen molar-refractivity contribution >= 4 is 33.2 Å². The van der Waals surface area contributed by atoms with Crippen LogP contribution in [0.5, 0.6) is 0 Å². The summed E-state index contributed by atoms with van der Waals surface area (Å²) in [5, 5.41) is 8.70. The fourth-order valence-electron chi connectivity index (χ4n) is 2.57. The molecule has 0 atom stereocenters. The largest absolute Gasteiger partial charge is 0.481 e. The zero-order chi connectivity index (χ0) is 14.3. The summed E-state index contributed by atoms with van der Waals surface area (Å²) in [6.45, 7) is 0.465.